The third-order valence-electron chi connectivity index (χ3n) is 3.43. The minimum atomic E-state index is -4.01. The smallest absolute Gasteiger partial charge is 0.338 e. The fourth-order valence-electron chi connectivity index (χ4n) is 2.02. The molecule has 2 aromatic rings. The molecule has 0 spiro atoms. The first-order valence-corrected chi connectivity index (χ1v) is 9.68. The summed E-state index contributed by atoms with van der Waals surface area (Å²) in [7, 11) is -2.48. The van der Waals surface area contributed by atoms with E-state index in [-0.39, 0.29) is 17.1 Å². The standard InChI is InChI=1S/C18H20N2O7S/c1-3-26-18(22)13-4-10-16(11-5-13)28(23,24)20-19-17(21)12-27-15-8-6-14(25-2)7-9-15/h4-11,20H,3,12H2,1-2H3,(H,19,21). The average molecular weight is 408 g/mol. The second-order valence-corrected chi connectivity index (χ2v) is 7.05. The van der Waals surface area contributed by atoms with E-state index in [1.54, 1.807) is 31.2 Å². The maximum Gasteiger partial charge on any atom is 0.338 e. The fraction of sp³-hybridized carbons (Fsp3) is 0.222. The van der Waals surface area contributed by atoms with Gasteiger partial charge in [-0.25, -0.2) is 13.2 Å². The third-order valence-corrected chi connectivity index (χ3v) is 4.69. The topological polar surface area (TPSA) is 120 Å². The Kier molecular flexibility index (Phi) is 7.36. The molecule has 1 amide bonds. The van der Waals surface area contributed by atoms with Crippen molar-refractivity contribution in [3.05, 3.63) is 54.1 Å². The van der Waals surface area contributed by atoms with Gasteiger partial charge in [0.05, 0.1) is 24.2 Å². The van der Waals surface area contributed by atoms with E-state index in [9.17, 15) is 18.0 Å². The number of nitrogens with one attached hydrogen (secondary N) is 2. The maximum absolute atomic E-state index is 12.2. The maximum atomic E-state index is 12.2. The molecule has 0 bridgehead atoms. The molecular weight excluding hydrogens is 388 g/mol. The van der Waals surface area contributed by atoms with E-state index in [2.05, 4.69) is 5.43 Å². The summed E-state index contributed by atoms with van der Waals surface area (Å²) in [6.07, 6.45) is 0. The van der Waals surface area contributed by atoms with Gasteiger partial charge in [-0.3, -0.25) is 10.2 Å². The van der Waals surface area contributed by atoms with E-state index in [4.69, 9.17) is 14.2 Å². The molecule has 2 N–H and O–H groups in total. The number of ether oxygens (including phenoxy) is 3. The van der Waals surface area contributed by atoms with Crippen LogP contribution in [0.15, 0.2) is 53.4 Å². The molecule has 0 heterocycles. The number of carbonyl (C=O) groups excluding carboxylic acids is 2. The zero-order valence-corrected chi connectivity index (χ0v) is 16.1. The van der Waals surface area contributed by atoms with Gasteiger partial charge in [0.15, 0.2) is 6.61 Å². The van der Waals surface area contributed by atoms with Crippen LogP contribution in [0.1, 0.15) is 17.3 Å². The van der Waals surface area contributed by atoms with E-state index in [1.165, 1.54) is 31.4 Å². The molecule has 0 radical (unpaired) electrons. The summed E-state index contributed by atoms with van der Waals surface area (Å²) >= 11 is 0. The SMILES string of the molecule is CCOC(=O)c1ccc(S(=O)(=O)NNC(=O)COc2ccc(OC)cc2)cc1. The van der Waals surface area contributed by atoms with Crippen LogP contribution in [-0.2, 0) is 19.6 Å². The Hall–Kier alpha value is -3.11. The highest BCUT2D eigenvalue weighted by molar-refractivity contribution is 7.89. The molecule has 0 atom stereocenters. The number of benzene rings is 2. The summed E-state index contributed by atoms with van der Waals surface area (Å²) in [5, 5.41) is 0. The van der Waals surface area contributed by atoms with E-state index in [0.29, 0.717) is 11.5 Å². The Morgan fingerprint density at radius 1 is 0.964 bits per heavy atom. The first-order valence-electron chi connectivity index (χ1n) is 8.20. The molecule has 0 fully saturated rings. The van der Waals surface area contributed by atoms with Crippen molar-refractivity contribution in [3.8, 4) is 11.5 Å². The van der Waals surface area contributed by atoms with Crippen LogP contribution in [0.4, 0.5) is 0 Å². The second-order valence-electron chi connectivity index (χ2n) is 5.36. The Bertz CT molecular complexity index is 910. The van der Waals surface area contributed by atoms with Crippen molar-refractivity contribution in [2.24, 2.45) is 0 Å². The fourth-order valence-corrected chi connectivity index (χ4v) is 2.88. The average Bonchev–Trinajstić information content (AvgIpc) is 2.71. The normalized spacial score (nSPS) is 10.8. The molecule has 0 aliphatic rings. The first-order chi connectivity index (χ1) is 13.4. The van der Waals surface area contributed by atoms with Crippen molar-refractivity contribution >= 4 is 21.9 Å². The van der Waals surface area contributed by atoms with Crippen LogP contribution >= 0.6 is 0 Å². The molecule has 0 unspecified atom stereocenters. The lowest BCUT2D eigenvalue weighted by Crippen LogP contribution is -2.43. The number of hydrogen-bond donors (Lipinski definition) is 2. The summed E-state index contributed by atoms with van der Waals surface area (Å²) in [5.41, 5.74) is 2.27. The summed E-state index contributed by atoms with van der Waals surface area (Å²) in [6.45, 7) is 1.49. The molecule has 0 aromatic heterocycles. The predicted molar refractivity (Wildman–Crippen MR) is 99.4 cm³/mol. The van der Waals surface area contributed by atoms with Gasteiger partial charge in [-0.1, -0.05) is 0 Å². The molecule has 0 saturated carbocycles. The molecule has 0 aliphatic heterocycles. The van der Waals surface area contributed by atoms with Crippen LogP contribution in [0.5, 0.6) is 11.5 Å². The van der Waals surface area contributed by atoms with Crippen molar-refractivity contribution in [1.29, 1.82) is 0 Å². The van der Waals surface area contributed by atoms with Crippen LogP contribution in [0.2, 0.25) is 0 Å². The molecule has 0 aliphatic carbocycles. The molecule has 2 aromatic carbocycles. The van der Waals surface area contributed by atoms with Crippen molar-refractivity contribution < 1.29 is 32.2 Å². The van der Waals surface area contributed by atoms with Gasteiger partial charge in [-0.15, -0.1) is 4.83 Å². The number of methoxy groups -OCH3 is 1. The molecule has 2 rings (SSSR count). The van der Waals surface area contributed by atoms with Crippen LogP contribution in [0.3, 0.4) is 0 Å². The molecule has 150 valence electrons. The highest BCUT2D eigenvalue weighted by Gasteiger charge is 2.16. The van der Waals surface area contributed by atoms with Gasteiger partial charge in [0.1, 0.15) is 11.5 Å². The Morgan fingerprint density at radius 2 is 1.57 bits per heavy atom. The van der Waals surface area contributed by atoms with Gasteiger partial charge in [0, 0.05) is 0 Å². The summed E-state index contributed by atoms with van der Waals surface area (Å²) in [6, 6.07) is 11.7. The van der Waals surface area contributed by atoms with E-state index >= 15 is 0 Å². The number of rotatable bonds is 9. The van der Waals surface area contributed by atoms with Gasteiger partial charge < -0.3 is 14.2 Å². The van der Waals surface area contributed by atoms with Crippen LogP contribution in [0, 0.1) is 0 Å². The van der Waals surface area contributed by atoms with Crippen LogP contribution in [0.25, 0.3) is 0 Å². The predicted octanol–water partition coefficient (Wildman–Crippen LogP) is 1.26. The number of sulfonamides is 1. The number of esters is 1. The molecule has 9 nitrogen and oxygen atoms in total. The lowest BCUT2D eigenvalue weighted by atomic mass is 10.2. The van der Waals surface area contributed by atoms with Crippen molar-refractivity contribution in [2.75, 3.05) is 20.3 Å². The summed E-state index contributed by atoms with van der Waals surface area (Å²) < 4.78 is 39.5. The Balaban J connectivity index is 1.87. The van der Waals surface area contributed by atoms with Gasteiger partial charge in [0.2, 0.25) is 0 Å². The first kappa shape index (κ1) is 21.2. The Labute approximate surface area is 162 Å². The minimum absolute atomic E-state index is 0.128. The third kappa shape index (κ3) is 5.96. The van der Waals surface area contributed by atoms with Crippen LogP contribution in [-0.4, -0.2) is 40.6 Å². The van der Waals surface area contributed by atoms with E-state index in [0.717, 1.165) is 0 Å². The van der Waals surface area contributed by atoms with Gasteiger partial charge in [-0.2, -0.15) is 0 Å². The van der Waals surface area contributed by atoms with E-state index < -0.39 is 28.5 Å². The van der Waals surface area contributed by atoms with Gasteiger partial charge in [0.25, 0.3) is 15.9 Å². The van der Waals surface area contributed by atoms with E-state index in [1.807, 2.05) is 4.83 Å². The van der Waals surface area contributed by atoms with Gasteiger partial charge >= 0.3 is 5.97 Å². The number of hydrogen-bond acceptors (Lipinski definition) is 7. The summed E-state index contributed by atoms with van der Waals surface area (Å²) in [5.74, 6) is -0.183. The second kappa shape index (κ2) is 9.72. The molecule has 10 heteroatoms. The van der Waals surface area contributed by atoms with Crippen molar-refractivity contribution in [3.63, 3.8) is 0 Å². The lowest BCUT2D eigenvalue weighted by Gasteiger charge is -2.10. The minimum Gasteiger partial charge on any atom is -0.497 e. The van der Waals surface area contributed by atoms with Crippen LogP contribution < -0.4 is 19.7 Å². The zero-order valence-electron chi connectivity index (χ0n) is 15.3. The highest BCUT2D eigenvalue weighted by Crippen LogP contribution is 2.16. The Morgan fingerprint density at radius 3 is 2.14 bits per heavy atom. The zero-order chi connectivity index (χ0) is 20.6. The number of hydrazine groups is 1. The molecular formula is C18H20N2O7S. The van der Waals surface area contributed by atoms with Crippen molar-refractivity contribution in [1.82, 2.24) is 10.3 Å². The summed E-state index contributed by atoms with van der Waals surface area (Å²) in [4.78, 5) is 25.2. The molecule has 0 saturated heterocycles. The number of amides is 1. The number of carbonyl (C=O) groups is 2. The largest absolute Gasteiger partial charge is 0.497 e. The molecule has 28 heavy (non-hydrogen) atoms. The quantitative estimate of drug-likeness (QED) is 0.473. The monoisotopic (exact) mass is 408 g/mol. The van der Waals surface area contributed by atoms with Crippen molar-refractivity contribution in [2.45, 2.75) is 11.8 Å². The highest BCUT2D eigenvalue weighted by atomic mass is 32.2. The lowest BCUT2D eigenvalue weighted by molar-refractivity contribution is -0.123. The van der Waals surface area contributed by atoms with Gasteiger partial charge in [-0.05, 0) is 55.5 Å².